The van der Waals surface area contributed by atoms with Crippen molar-refractivity contribution < 1.29 is 0 Å². The zero-order valence-electron chi connectivity index (χ0n) is 49.9. The van der Waals surface area contributed by atoms with Crippen molar-refractivity contribution in [2.24, 2.45) is 51.2 Å². The van der Waals surface area contributed by atoms with Crippen molar-refractivity contribution in [3.8, 4) is 0 Å². The fourth-order valence-electron chi connectivity index (χ4n) is 13.3. The number of allylic oxidation sites excluding steroid dienone is 1. The Balaban J connectivity index is 0.000000304. The minimum absolute atomic E-state index is 0.251. The van der Waals surface area contributed by atoms with E-state index in [0.29, 0.717) is 56.8 Å². The zero-order chi connectivity index (χ0) is 51.6. The molecular weight excluding hydrogens is 801 g/mol. The van der Waals surface area contributed by atoms with Gasteiger partial charge in [0.2, 0.25) is 0 Å². The lowest BCUT2D eigenvalue weighted by Crippen LogP contribution is -2.51. The molecular formula is C62H118N4. The van der Waals surface area contributed by atoms with Crippen LogP contribution in [0.1, 0.15) is 231 Å². The molecule has 1 aromatic carbocycles. The second-order valence-electron chi connectivity index (χ2n) is 30.4. The van der Waals surface area contributed by atoms with Crippen molar-refractivity contribution in [1.82, 2.24) is 19.6 Å². The Hall–Kier alpha value is -1.20. The standard InChI is InChI=1S/C18H29N.C15H31N.C15H29N.C14H29N/c1-17(2,3)16-12-15(13-19(16)18(4,5)6)14-10-8-7-9-11-14;1-9-12-10-16(15(6,7)8)13(11(12)2)14(3,4)5;1-8-9-12-10-11-16(15(5,6)7)13(12)14(2,3)4;1-10-9-15(14(6,7)8)12(11(10)2)13(3,4)5/h7-11,15-16H,12-13H2,1-6H3;11-13H,9-10H2,1-8H3;8,12-13H,1,9-11H2,2-7H3;10-12H,9H2,1-8H3. The molecule has 0 spiro atoms. The van der Waals surface area contributed by atoms with Gasteiger partial charge in [-0.1, -0.05) is 154 Å². The fraction of sp³-hybridized carbons (Fsp3) is 0.871. The Labute approximate surface area is 415 Å². The summed E-state index contributed by atoms with van der Waals surface area (Å²) in [5.41, 5.74) is 4.12. The summed E-state index contributed by atoms with van der Waals surface area (Å²) < 4.78 is 0. The van der Waals surface area contributed by atoms with Crippen LogP contribution in [0.2, 0.25) is 0 Å². The quantitative estimate of drug-likeness (QED) is 0.279. The molecule has 0 aromatic heterocycles. The normalized spacial score (nSPS) is 30.3. The van der Waals surface area contributed by atoms with Crippen LogP contribution in [-0.2, 0) is 0 Å². The Morgan fingerprint density at radius 2 is 0.924 bits per heavy atom. The summed E-state index contributed by atoms with van der Waals surface area (Å²) in [6.07, 6.45) is 7.18. The van der Waals surface area contributed by atoms with Gasteiger partial charge in [0, 0.05) is 66.0 Å². The summed E-state index contributed by atoms with van der Waals surface area (Å²) in [6, 6.07) is 13.8. The highest BCUT2D eigenvalue weighted by atomic mass is 15.3. The second-order valence-corrected chi connectivity index (χ2v) is 30.4. The van der Waals surface area contributed by atoms with Crippen LogP contribution in [-0.4, -0.2) is 92.1 Å². The number of hydrogen-bond donors (Lipinski definition) is 0. The molecule has 0 saturated carbocycles. The maximum atomic E-state index is 3.91. The highest BCUT2D eigenvalue weighted by Crippen LogP contribution is 2.47. The van der Waals surface area contributed by atoms with Crippen molar-refractivity contribution in [2.75, 3.05) is 26.2 Å². The van der Waals surface area contributed by atoms with Crippen LogP contribution in [0.15, 0.2) is 43.0 Å². The average molecular weight is 920 g/mol. The molecule has 0 bridgehead atoms. The summed E-state index contributed by atoms with van der Waals surface area (Å²) in [6.45, 7) is 75.2. The monoisotopic (exact) mass is 919 g/mol. The van der Waals surface area contributed by atoms with Crippen LogP contribution in [0.4, 0.5) is 0 Å². The van der Waals surface area contributed by atoms with E-state index < -0.39 is 0 Å². The van der Waals surface area contributed by atoms with E-state index in [1.165, 1.54) is 51.0 Å². The molecule has 5 rings (SSSR count). The maximum absolute atomic E-state index is 3.91. The maximum Gasteiger partial charge on any atom is 0.0181 e. The summed E-state index contributed by atoms with van der Waals surface area (Å²) in [5, 5.41) is 0. The van der Waals surface area contributed by atoms with Crippen LogP contribution >= 0.6 is 0 Å². The van der Waals surface area contributed by atoms with Gasteiger partial charge in [0.15, 0.2) is 0 Å². The topological polar surface area (TPSA) is 13.0 Å². The van der Waals surface area contributed by atoms with E-state index in [1.54, 1.807) is 0 Å². The van der Waals surface area contributed by atoms with Gasteiger partial charge in [-0.15, -0.1) is 6.58 Å². The molecule has 0 N–H and O–H groups in total. The number of nitrogens with zero attached hydrogens (tertiary/aromatic N) is 4. The molecule has 4 fully saturated rings. The van der Waals surface area contributed by atoms with E-state index in [0.717, 1.165) is 42.1 Å². The van der Waals surface area contributed by atoms with Gasteiger partial charge in [-0.2, -0.15) is 0 Å². The van der Waals surface area contributed by atoms with Crippen LogP contribution in [0, 0.1) is 51.2 Å². The largest absolute Gasteiger partial charge is 0.295 e. The van der Waals surface area contributed by atoms with Gasteiger partial charge in [-0.05, 0) is 172 Å². The SMILES string of the molecule is C=CCC1CCN(C(C)(C)C)C1C(C)(C)C.CC(C)(C)C1CC(c2ccccc2)CN1C(C)(C)C.CC1CN(C(C)(C)C)C(C(C)(C)C)C1C.CCC1CN(C(C)(C)C)C(C(C)(C)C)C1C. The molecule has 10 atom stereocenters. The van der Waals surface area contributed by atoms with Crippen LogP contribution in [0.5, 0.6) is 0 Å². The number of likely N-dealkylation sites (tertiary alicyclic amines) is 4. The molecule has 386 valence electrons. The minimum Gasteiger partial charge on any atom is -0.295 e. The van der Waals surface area contributed by atoms with Gasteiger partial charge in [-0.25, -0.2) is 0 Å². The molecule has 0 radical (unpaired) electrons. The van der Waals surface area contributed by atoms with Gasteiger partial charge < -0.3 is 0 Å². The van der Waals surface area contributed by atoms with Gasteiger partial charge in [0.25, 0.3) is 0 Å². The van der Waals surface area contributed by atoms with Gasteiger partial charge in [-0.3, -0.25) is 19.6 Å². The third-order valence-corrected chi connectivity index (χ3v) is 16.4. The minimum atomic E-state index is 0.251. The van der Waals surface area contributed by atoms with Crippen LogP contribution in [0.25, 0.3) is 0 Å². The van der Waals surface area contributed by atoms with Crippen molar-refractivity contribution in [3.63, 3.8) is 0 Å². The molecule has 4 aliphatic heterocycles. The molecule has 4 nitrogen and oxygen atoms in total. The smallest absolute Gasteiger partial charge is 0.0181 e. The summed E-state index contributed by atoms with van der Waals surface area (Å²) in [4.78, 5) is 10.9. The molecule has 0 aliphatic carbocycles. The summed E-state index contributed by atoms with van der Waals surface area (Å²) in [7, 11) is 0. The molecule has 4 aliphatic rings. The Morgan fingerprint density at radius 3 is 1.26 bits per heavy atom. The molecule has 4 heterocycles. The van der Waals surface area contributed by atoms with E-state index in [2.05, 4.69) is 256 Å². The van der Waals surface area contributed by atoms with Gasteiger partial charge in [0.1, 0.15) is 0 Å². The zero-order valence-corrected chi connectivity index (χ0v) is 49.9. The Kier molecular flexibility index (Phi) is 20.7. The molecule has 1 aromatic rings. The van der Waals surface area contributed by atoms with E-state index in [4.69, 9.17) is 0 Å². The molecule has 10 unspecified atom stereocenters. The molecule has 4 heteroatoms. The van der Waals surface area contributed by atoms with Crippen molar-refractivity contribution in [1.29, 1.82) is 0 Å². The second kappa shape index (κ2) is 22.5. The highest BCUT2D eigenvalue weighted by Gasteiger charge is 2.49. The third-order valence-electron chi connectivity index (χ3n) is 16.4. The van der Waals surface area contributed by atoms with E-state index in [-0.39, 0.29) is 11.1 Å². The van der Waals surface area contributed by atoms with E-state index in [9.17, 15) is 0 Å². The first-order valence-electron chi connectivity index (χ1n) is 27.2. The van der Waals surface area contributed by atoms with Crippen LogP contribution < -0.4 is 0 Å². The van der Waals surface area contributed by atoms with E-state index >= 15 is 0 Å². The van der Waals surface area contributed by atoms with Crippen molar-refractivity contribution >= 4 is 0 Å². The average Bonchev–Trinajstić information content (AvgIpc) is 3.91. The Bertz CT molecular complexity index is 1550. The summed E-state index contributed by atoms with van der Waals surface area (Å²) in [5.74, 6) is 4.81. The van der Waals surface area contributed by atoms with E-state index in [1.807, 2.05) is 0 Å². The predicted molar refractivity (Wildman–Crippen MR) is 297 cm³/mol. The fourth-order valence-corrected chi connectivity index (χ4v) is 13.3. The number of rotatable bonds is 4. The first kappa shape index (κ1) is 60.9. The highest BCUT2D eigenvalue weighted by molar-refractivity contribution is 5.23. The van der Waals surface area contributed by atoms with Gasteiger partial charge in [0.05, 0.1) is 0 Å². The lowest BCUT2D eigenvalue weighted by molar-refractivity contribution is 0.0397. The van der Waals surface area contributed by atoms with Crippen molar-refractivity contribution in [2.45, 2.75) is 272 Å². The van der Waals surface area contributed by atoms with Gasteiger partial charge >= 0.3 is 0 Å². The third kappa shape index (κ3) is 16.4. The number of hydrogen-bond acceptors (Lipinski definition) is 4. The van der Waals surface area contributed by atoms with Crippen molar-refractivity contribution in [3.05, 3.63) is 48.6 Å². The molecule has 66 heavy (non-hydrogen) atoms. The molecule has 4 saturated heterocycles. The number of benzene rings is 1. The molecule has 0 amide bonds. The lowest BCUT2D eigenvalue weighted by Gasteiger charge is -2.45. The Morgan fingerprint density at radius 1 is 0.500 bits per heavy atom. The van der Waals surface area contributed by atoms with Crippen LogP contribution in [0.3, 0.4) is 0 Å². The lowest BCUT2D eigenvalue weighted by atomic mass is 9.76. The first-order chi connectivity index (χ1) is 29.5. The first-order valence-corrected chi connectivity index (χ1v) is 27.2. The predicted octanol–water partition coefficient (Wildman–Crippen LogP) is 16.8. The summed E-state index contributed by atoms with van der Waals surface area (Å²) >= 11 is 0.